The molecule has 3 heteroatoms. The number of Topliss-reactive ketones (excluding diaryl/α,β-unsaturated/α-hetero) is 1. The van der Waals surface area contributed by atoms with Crippen molar-refractivity contribution in [3.63, 3.8) is 0 Å². The summed E-state index contributed by atoms with van der Waals surface area (Å²) < 4.78 is 10.7. The summed E-state index contributed by atoms with van der Waals surface area (Å²) in [5.41, 5.74) is 0. The van der Waals surface area contributed by atoms with Gasteiger partial charge >= 0.3 is 0 Å². The molecule has 0 aliphatic carbocycles. The van der Waals surface area contributed by atoms with Crippen LogP contribution in [0.15, 0.2) is 0 Å². The van der Waals surface area contributed by atoms with Crippen LogP contribution in [0.4, 0.5) is 0 Å². The number of hydrogen-bond acceptors (Lipinski definition) is 2. The molecular formula is C6H12O2S. The van der Waals surface area contributed by atoms with Crippen molar-refractivity contribution < 1.29 is 9.35 Å². The van der Waals surface area contributed by atoms with Gasteiger partial charge in [-0.3, -0.25) is 4.79 Å². The quantitative estimate of drug-likeness (QED) is 0.551. The predicted octanol–water partition coefficient (Wildman–Crippen LogP) is 0.734. The molecule has 54 valence electrons. The Morgan fingerprint density at radius 3 is 2.44 bits per heavy atom. The number of hydrogen-bond donors (Lipinski definition) is 0. The van der Waals surface area contributed by atoms with E-state index in [4.69, 9.17) is 0 Å². The molecule has 0 aromatic heterocycles. The first-order valence-electron chi connectivity index (χ1n) is 3.07. The van der Waals surface area contributed by atoms with Gasteiger partial charge in [0.1, 0.15) is 5.75 Å². The minimum absolute atomic E-state index is 0.0928. The predicted molar refractivity (Wildman–Crippen MR) is 38.8 cm³/mol. The average Bonchev–Trinajstić information content (AvgIpc) is 1.87. The van der Waals surface area contributed by atoms with Crippen LogP contribution in [-0.4, -0.2) is 21.8 Å². The second-order valence-electron chi connectivity index (χ2n) is 1.77. The topological polar surface area (TPSA) is 40.1 Å². The van der Waals surface area contributed by atoms with E-state index in [1.54, 1.807) is 6.92 Å². The van der Waals surface area contributed by atoms with Crippen molar-refractivity contribution in [3.8, 4) is 0 Å². The van der Waals surface area contributed by atoms with Gasteiger partial charge in [0.05, 0.1) is 0 Å². The van der Waals surface area contributed by atoms with Crippen molar-refractivity contribution in [3.05, 3.63) is 0 Å². The molecule has 0 radical (unpaired) electrons. The second kappa shape index (κ2) is 4.82. The fourth-order valence-electron chi connectivity index (χ4n) is 0.384. The molecular weight excluding hydrogens is 136 g/mol. The fraction of sp³-hybridized carbons (Fsp3) is 0.833. The maximum Gasteiger partial charge on any atom is 0.181 e. The lowest BCUT2D eigenvalue weighted by atomic mass is 10.4. The number of carbonyl (C=O) groups excluding carboxylic acids is 1. The number of ketones is 1. The summed E-state index contributed by atoms with van der Waals surface area (Å²) in [6.45, 7) is 3.61. The normalized spacial score (nSPS) is 13.2. The average molecular weight is 148 g/mol. The van der Waals surface area contributed by atoms with Gasteiger partial charge in [-0.25, -0.2) is 0 Å². The second-order valence-corrected chi connectivity index (χ2v) is 3.51. The lowest BCUT2D eigenvalue weighted by molar-refractivity contribution is -0.116. The van der Waals surface area contributed by atoms with E-state index in [9.17, 15) is 9.35 Å². The molecule has 1 atom stereocenters. The van der Waals surface area contributed by atoms with E-state index in [1.807, 2.05) is 6.92 Å². The third kappa shape index (κ3) is 4.48. The summed E-state index contributed by atoms with van der Waals surface area (Å²) in [6.07, 6.45) is 0.506. The van der Waals surface area contributed by atoms with E-state index in [-0.39, 0.29) is 11.5 Å². The molecule has 0 N–H and O–H groups in total. The summed E-state index contributed by atoms with van der Waals surface area (Å²) >= 11 is -0.906. The van der Waals surface area contributed by atoms with E-state index < -0.39 is 11.2 Å². The molecule has 2 nitrogen and oxygen atoms in total. The fourth-order valence-corrected chi connectivity index (χ4v) is 1.15. The Hall–Kier alpha value is -0.0200. The minimum Gasteiger partial charge on any atom is -0.616 e. The van der Waals surface area contributed by atoms with Gasteiger partial charge in [0.15, 0.2) is 11.5 Å². The highest BCUT2D eigenvalue weighted by atomic mass is 32.2. The molecule has 9 heavy (non-hydrogen) atoms. The van der Waals surface area contributed by atoms with Gasteiger partial charge in [-0.2, -0.15) is 0 Å². The molecule has 0 amide bonds. The monoisotopic (exact) mass is 148 g/mol. The highest BCUT2D eigenvalue weighted by molar-refractivity contribution is 7.92. The Bertz CT molecular complexity index is 93.1. The van der Waals surface area contributed by atoms with Crippen LogP contribution in [0.5, 0.6) is 0 Å². The van der Waals surface area contributed by atoms with Crippen LogP contribution in [0.3, 0.4) is 0 Å². The van der Waals surface area contributed by atoms with E-state index in [0.717, 1.165) is 0 Å². The van der Waals surface area contributed by atoms with Gasteiger partial charge in [-0.1, -0.05) is 6.92 Å². The molecule has 0 rings (SSSR count). The highest BCUT2D eigenvalue weighted by Crippen LogP contribution is 1.92. The Labute approximate surface area is 58.8 Å². The van der Waals surface area contributed by atoms with Gasteiger partial charge in [-0.15, -0.1) is 0 Å². The van der Waals surface area contributed by atoms with Gasteiger partial charge in [-0.05, 0) is 18.1 Å². The van der Waals surface area contributed by atoms with Crippen LogP contribution in [0.25, 0.3) is 0 Å². The number of carbonyl (C=O) groups is 1. The van der Waals surface area contributed by atoms with Gasteiger partial charge < -0.3 is 4.55 Å². The molecule has 0 spiro atoms. The van der Waals surface area contributed by atoms with Crippen LogP contribution in [0.2, 0.25) is 0 Å². The largest absolute Gasteiger partial charge is 0.616 e. The van der Waals surface area contributed by atoms with Crippen LogP contribution in [0.1, 0.15) is 20.3 Å². The molecule has 0 aromatic rings. The Balaban J connectivity index is 3.34. The third-order valence-corrected chi connectivity index (χ3v) is 2.33. The minimum atomic E-state index is -0.906. The Kier molecular flexibility index (Phi) is 4.81. The molecule has 0 heterocycles. The van der Waals surface area contributed by atoms with Gasteiger partial charge in [0.25, 0.3) is 0 Å². The summed E-state index contributed by atoms with van der Waals surface area (Å²) in [7, 11) is 0. The lowest BCUT2D eigenvalue weighted by Crippen LogP contribution is -2.16. The molecule has 0 saturated heterocycles. The molecule has 1 unspecified atom stereocenters. The Morgan fingerprint density at radius 1 is 1.56 bits per heavy atom. The first-order valence-corrected chi connectivity index (χ1v) is 4.56. The van der Waals surface area contributed by atoms with E-state index in [1.165, 1.54) is 0 Å². The third-order valence-electron chi connectivity index (χ3n) is 1.04. The Morgan fingerprint density at radius 2 is 2.11 bits per heavy atom. The zero-order valence-corrected chi connectivity index (χ0v) is 6.66. The lowest BCUT2D eigenvalue weighted by Gasteiger charge is -2.04. The van der Waals surface area contributed by atoms with Crippen molar-refractivity contribution in [1.82, 2.24) is 0 Å². The molecule has 0 saturated carbocycles. The van der Waals surface area contributed by atoms with Crippen molar-refractivity contribution in [2.45, 2.75) is 20.3 Å². The zero-order chi connectivity index (χ0) is 7.28. The van der Waals surface area contributed by atoms with E-state index in [0.29, 0.717) is 12.2 Å². The number of rotatable bonds is 4. The first kappa shape index (κ1) is 8.98. The van der Waals surface area contributed by atoms with Crippen molar-refractivity contribution in [1.29, 1.82) is 0 Å². The van der Waals surface area contributed by atoms with Gasteiger partial charge in [0.2, 0.25) is 0 Å². The van der Waals surface area contributed by atoms with Crippen LogP contribution < -0.4 is 0 Å². The van der Waals surface area contributed by atoms with Crippen molar-refractivity contribution in [2.24, 2.45) is 0 Å². The smallest absolute Gasteiger partial charge is 0.181 e. The summed E-state index contributed by atoms with van der Waals surface area (Å²) in [5.74, 6) is 0.925. The van der Waals surface area contributed by atoms with E-state index >= 15 is 0 Å². The first-order chi connectivity index (χ1) is 4.20. The van der Waals surface area contributed by atoms with Crippen LogP contribution >= 0.6 is 0 Å². The van der Waals surface area contributed by atoms with Gasteiger partial charge in [0, 0.05) is 6.42 Å². The summed E-state index contributed by atoms with van der Waals surface area (Å²) in [4.78, 5) is 10.6. The maximum atomic E-state index is 10.7. The van der Waals surface area contributed by atoms with Crippen molar-refractivity contribution in [2.75, 3.05) is 11.5 Å². The standard InChI is InChI=1S/C6H12O2S/c1-3-6(7)5-9(8)4-2/h3-5H2,1-2H3. The van der Waals surface area contributed by atoms with Crippen LogP contribution in [0, 0.1) is 0 Å². The SMILES string of the molecule is CCC(=O)C[S+]([O-])CC. The molecule has 0 aliphatic rings. The molecule has 0 fully saturated rings. The summed E-state index contributed by atoms with van der Waals surface area (Å²) in [6, 6.07) is 0. The highest BCUT2D eigenvalue weighted by Gasteiger charge is 2.07. The van der Waals surface area contributed by atoms with Crippen molar-refractivity contribution >= 4 is 17.0 Å². The maximum absolute atomic E-state index is 10.7. The summed E-state index contributed by atoms with van der Waals surface area (Å²) in [5, 5.41) is 0. The molecule has 0 aromatic carbocycles. The van der Waals surface area contributed by atoms with Crippen LogP contribution in [-0.2, 0) is 16.0 Å². The van der Waals surface area contributed by atoms with E-state index in [2.05, 4.69) is 0 Å². The molecule has 0 bridgehead atoms. The zero-order valence-electron chi connectivity index (χ0n) is 5.85. The molecule has 0 aliphatic heterocycles.